The van der Waals surface area contributed by atoms with Crippen molar-refractivity contribution in [3.05, 3.63) is 20.9 Å². The minimum atomic E-state index is -1.39. The zero-order valence-electron chi connectivity index (χ0n) is 14.6. The molecule has 0 aromatic carbocycles. The molecule has 0 unspecified atom stereocenters. The van der Waals surface area contributed by atoms with E-state index in [4.69, 9.17) is 16.3 Å². The normalized spacial score (nSPS) is 21.2. The minimum Gasteiger partial charge on any atom is -0.444 e. The highest BCUT2D eigenvalue weighted by Gasteiger charge is 2.35. The number of piperidine rings is 1. The fourth-order valence-corrected chi connectivity index (χ4v) is 3.10. The number of aryl methyl sites for hydroxylation is 1. The molecule has 1 aromatic heterocycles. The number of aromatic amines is 1. The third kappa shape index (κ3) is 4.88. The van der Waals surface area contributed by atoms with E-state index in [0.29, 0.717) is 23.1 Å². The lowest BCUT2D eigenvalue weighted by Gasteiger charge is -2.35. The molecule has 2 amide bonds. The van der Waals surface area contributed by atoms with Crippen LogP contribution >= 0.6 is 27.5 Å². The standard InChI is InChI=1S/C16H22BrClFN3O3/c1-8-11(17)12(18)13(20-8)14(23)21-10-5-6-22(7-9(10)19)15(24)25-16(2,3)4/h9-10,20H,5-7H2,1-4H3,(H,21,23)/t9-,10+/m0/s1. The molecule has 2 heterocycles. The number of carbonyl (C=O) groups is 2. The second-order valence-electron chi connectivity index (χ2n) is 7.06. The number of ether oxygens (including phenoxy) is 1. The van der Waals surface area contributed by atoms with Gasteiger partial charge in [0.15, 0.2) is 0 Å². The molecule has 0 saturated carbocycles. The quantitative estimate of drug-likeness (QED) is 0.737. The van der Waals surface area contributed by atoms with Crippen molar-refractivity contribution >= 4 is 39.5 Å². The third-order valence-corrected chi connectivity index (χ3v) is 5.39. The van der Waals surface area contributed by atoms with Crippen LogP contribution in [-0.2, 0) is 4.74 Å². The Kier molecular flexibility index (Phi) is 6.04. The Balaban J connectivity index is 1.96. The summed E-state index contributed by atoms with van der Waals surface area (Å²) in [5.41, 5.74) is 0.267. The summed E-state index contributed by atoms with van der Waals surface area (Å²) in [5, 5.41) is 2.91. The summed E-state index contributed by atoms with van der Waals surface area (Å²) >= 11 is 9.36. The van der Waals surface area contributed by atoms with E-state index in [1.807, 2.05) is 0 Å². The molecule has 6 nitrogen and oxygen atoms in total. The van der Waals surface area contributed by atoms with Crippen LogP contribution in [0, 0.1) is 6.92 Å². The second kappa shape index (κ2) is 7.53. The fraction of sp³-hybridized carbons (Fsp3) is 0.625. The van der Waals surface area contributed by atoms with E-state index >= 15 is 0 Å². The number of carbonyl (C=O) groups excluding carboxylic acids is 2. The Labute approximate surface area is 159 Å². The van der Waals surface area contributed by atoms with Crippen LogP contribution in [0.25, 0.3) is 0 Å². The van der Waals surface area contributed by atoms with Crippen molar-refractivity contribution in [3.8, 4) is 0 Å². The Morgan fingerprint density at radius 2 is 2.08 bits per heavy atom. The van der Waals surface area contributed by atoms with Gasteiger partial charge in [-0.25, -0.2) is 9.18 Å². The van der Waals surface area contributed by atoms with Crippen LogP contribution in [0.3, 0.4) is 0 Å². The highest BCUT2D eigenvalue weighted by molar-refractivity contribution is 9.10. The topological polar surface area (TPSA) is 74.4 Å². The van der Waals surface area contributed by atoms with Crippen LogP contribution in [-0.4, -0.2) is 52.8 Å². The molecule has 0 spiro atoms. The van der Waals surface area contributed by atoms with Crippen LogP contribution in [0.1, 0.15) is 43.4 Å². The number of amides is 2. The van der Waals surface area contributed by atoms with Gasteiger partial charge in [0, 0.05) is 12.2 Å². The van der Waals surface area contributed by atoms with Crippen LogP contribution in [0.4, 0.5) is 9.18 Å². The van der Waals surface area contributed by atoms with E-state index in [0.717, 1.165) is 0 Å². The lowest BCUT2D eigenvalue weighted by Crippen LogP contribution is -2.54. The number of hydrogen-bond donors (Lipinski definition) is 2. The molecule has 1 saturated heterocycles. The van der Waals surface area contributed by atoms with E-state index in [1.54, 1.807) is 27.7 Å². The van der Waals surface area contributed by atoms with Crippen LogP contribution in [0.15, 0.2) is 4.47 Å². The maximum absolute atomic E-state index is 14.4. The van der Waals surface area contributed by atoms with Gasteiger partial charge in [-0.3, -0.25) is 4.79 Å². The number of likely N-dealkylation sites (tertiary alicyclic amines) is 1. The Morgan fingerprint density at radius 3 is 2.56 bits per heavy atom. The van der Waals surface area contributed by atoms with E-state index in [-0.39, 0.29) is 17.3 Å². The lowest BCUT2D eigenvalue weighted by molar-refractivity contribution is 0.00971. The van der Waals surface area contributed by atoms with E-state index in [1.165, 1.54) is 4.90 Å². The van der Waals surface area contributed by atoms with Crippen LogP contribution in [0.2, 0.25) is 5.02 Å². The zero-order chi connectivity index (χ0) is 18.9. The number of halogens is 3. The minimum absolute atomic E-state index is 0.124. The van der Waals surface area contributed by atoms with Gasteiger partial charge in [0.2, 0.25) is 0 Å². The van der Waals surface area contributed by atoms with Crippen molar-refractivity contribution in [1.82, 2.24) is 15.2 Å². The lowest BCUT2D eigenvalue weighted by atomic mass is 10.0. The molecule has 0 aliphatic carbocycles. The molecule has 0 bridgehead atoms. The van der Waals surface area contributed by atoms with Gasteiger partial charge in [-0.15, -0.1) is 0 Å². The van der Waals surface area contributed by atoms with Crippen molar-refractivity contribution in [2.24, 2.45) is 0 Å². The number of rotatable bonds is 2. The molecule has 1 aliphatic heterocycles. The number of nitrogens with one attached hydrogen (secondary N) is 2. The molecule has 140 valence electrons. The van der Waals surface area contributed by atoms with Gasteiger partial charge < -0.3 is 19.9 Å². The van der Waals surface area contributed by atoms with Gasteiger partial charge in [-0.05, 0) is 50.0 Å². The predicted molar refractivity (Wildman–Crippen MR) is 96.8 cm³/mol. The molecule has 25 heavy (non-hydrogen) atoms. The maximum Gasteiger partial charge on any atom is 0.410 e. The largest absolute Gasteiger partial charge is 0.444 e. The van der Waals surface area contributed by atoms with Crippen LogP contribution < -0.4 is 5.32 Å². The monoisotopic (exact) mass is 437 g/mol. The first kappa shape index (κ1) is 20.0. The van der Waals surface area contributed by atoms with Crippen molar-refractivity contribution in [1.29, 1.82) is 0 Å². The average molecular weight is 439 g/mol. The van der Waals surface area contributed by atoms with Gasteiger partial charge >= 0.3 is 6.09 Å². The zero-order valence-corrected chi connectivity index (χ0v) is 16.9. The van der Waals surface area contributed by atoms with Gasteiger partial charge in [0.25, 0.3) is 5.91 Å². The summed E-state index contributed by atoms with van der Waals surface area (Å²) in [5.74, 6) is -0.475. The molecular weight excluding hydrogens is 417 g/mol. The second-order valence-corrected chi connectivity index (χ2v) is 8.23. The summed E-state index contributed by atoms with van der Waals surface area (Å²) < 4.78 is 20.3. The Hall–Kier alpha value is -1.28. The van der Waals surface area contributed by atoms with E-state index in [2.05, 4.69) is 26.2 Å². The smallest absolute Gasteiger partial charge is 0.410 e. The van der Waals surface area contributed by atoms with Crippen molar-refractivity contribution in [3.63, 3.8) is 0 Å². The van der Waals surface area contributed by atoms with Crippen LogP contribution in [0.5, 0.6) is 0 Å². The summed E-state index contributed by atoms with van der Waals surface area (Å²) in [6.45, 7) is 7.22. The van der Waals surface area contributed by atoms with E-state index in [9.17, 15) is 14.0 Å². The number of H-pyrrole nitrogens is 1. The molecule has 2 N–H and O–H groups in total. The van der Waals surface area contributed by atoms with Gasteiger partial charge in [-0.1, -0.05) is 11.6 Å². The Morgan fingerprint density at radius 1 is 1.44 bits per heavy atom. The SMILES string of the molecule is Cc1[nH]c(C(=O)N[C@@H]2CCN(C(=O)OC(C)(C)C)C[C@@H]2F)c(Cl)c1Br. The first-order valence-corrected chi connectivity index (χ1v) is 9.13. The maximum atomic E-state index is 14.4. The molecule has 1 aliphatic rings. The molecule has 2 rings (SSSR count). The van der Waals surface area contributed by atoms with Gasteiger partial charge in [0.1, 0.15) is 17.5 Å². The van der Waals surface area contributed by atoms with E-state index < -0.39 is 29.8 Å². The first-order chi connectivity index (χ1) is 11.5. The van der Waals surface area contributed by atoms with Gasteiger partial charge in [0.05, 0.1) is 22.1 Å². The molecule has 1 aromatic rings. The highest BCUT2D eigenvalue weighted by atomic mass is 79.9. The van der Waals surface area contributed by atoms with Gasteiger partial charge in [-0.2, -0.15) is 0 Å². The highest BCUT2D eigenvalue weighted by Crippen LogP contribution is 2.29. The summed E-state index contributed by atoms with van der Waals surface area (Å²) in [6.07, 6.45) is -1.64. The average Bonchev–Trinajstić information content (AvgIpc) is 2.75. The predicted octanol–water partition coefficient (Wildman–Crippen LogP) is 3.82. The molecule has 2 atom stereocenters. The van der Waals surface area contributed by atoms with Crippen molar-refractivity contribution < 1.29 is 18.7 Å². The first-order valence-electron chi connectivity index (χ1n) is 7.96. The van der Waals surface area contributed by atoms with Crippen molar-refractivity contribution in [2.75, 3.05) is 13.1 Å². The number of aromatic nitrogens is 1. The molecule has 9 heteroatoms. The Bertz CT molecular complexity index is 674. The number of alkyl halides is 1. The summed E-state index contributed by atoms with van der Waals surface area (Å²) in [4.78, 5) is 28.5. The number of hydrogen-bond acceptors (Lipinski definition) is 3. The molecule has 1 fully saturated rings. The molecule has 0 radical (unpaired) electrons. The molecular formula is C16H22BrClFN3O3. The fourth-order valence-electron chi connectivity index (χ4n) is 2.53. The summed E-state index contributed by atoms with van der Waals surface area (Å²) in [7, 11) is 0. The van der Waals surface area contributed by atoms with Crippen molar-refractivity contribution in [2.45, 2.75) is 51.9 Å². The summed E-state index contributed by atoms with van der Waals surface area (Å²) in [6, 6.07) is -0.690. The third-order valence-electron chi connectivity index (χ3n) is 3.79. The number of nitrogens with zero attached hydrogens (tertiary/aromatic N) is 1.